The Morgan fingerprint density at radius 3 is 2.82 bits per heavy atom. The zero-order valence-corrected chi connectivity index (χ0v) is 12.4. The number of hydrogen-bond acceptors (Lipinski definition) is 3. The molecule has 0 radical (unpaired) electrons. The van der Waals surface area contributed by atoms with Crippen LogP contribution in [0.4, 0.5) is 15.8 Å². The number of fused-ring (bicyclic) bond motifs is 1. The van der Waals surface area contributed by atoms with Gasteiger partial charge in [0, 0.05) is 18.5 Å². The number of carbonyl (C=O) groups excluding carboxylic acids is 2. The minimum absolute atomic E-state index is 0.0777. The highest BCUT2D eigenvalue weighted by Crippen LogP contribution is 2.29. The van der Waals surface area contributed by atoms with Crippen LogP contribution in [-0.2, 0) is 16.0 Å². The summed E-state index contributed by atoms with van der Waals surface area (Å²) >= 11 is 0. The standard InChI is InChI=1S/C16H20FN3O2/c17-12-8-11-1-2-15(21)19-13(11)9-14(12)20-16(22)7-10-3-5-18-6-4-10/h8-10,18H,1-7H2,(H,19,21)(H,20,22). The molecule has 0 bridgehead atoms. The van der Waals surface area contributed by atoms with Gasteiger partial charge in [-0.05, 0) is 56.0 Å². The van der Waals surface area contributed by atoms with Crippen LogP contribution in [0.15, 0.2) is 12.1 Å². The van der Waals surface area contributed by atoms with Crippen molar-refractivity contribution >= 4 is 23.2 Å². The van der Waals surface area contributed by atoms with E-state index in [0.29, 0.717) is 30.9 Å². The van der Waals surface area contributed by atoms with Crippen LogP contribution in [0.1, 0.15) is 31.2 Å². The quantitative estimate of drug-likeness (QED) is 0.800. The van der Waals surface area contributed by atoms with Crippen LogP contribution in [0.5, 0.6) is 0 Å². The first kappa shape index (κ1) is 15.0. The lowest BCUT2D eigenvalue weighted by atomic mass is 9.94. The molecule has 2 aliphatic rings. The first-order valence-corrected chi connectivity index (χ1v) is 7.74. The van der Waals surface area contributed by atoms with Gasteiger partial charge < -0.3 is 16.0 Å². The van der Waals surface area contributed by atoms with Crippen molar-refractivity contribution in [3.05, 3.63) is 23.5 Å². The Kier molecular flexibility index (Phi) is 4.38. The van der Waals surface area contributed by atoms with Gasteiger partial charge in [-0.1, -0.05) is 0 Å². The second kappa shape index (κ2) is 6.44. The predicted molar refractivity (Wildman–Crippen MR) is 82.2 cm³/mol. The topological polar surface area (TPSA) is 70.2 Å². The van der Waals surface area contributed by atoms with Gasteiger partial charge in [0.15, 0.2) is 0 Å². The summed E-state index contributed by atoms with van der Waals surface area (Å²) in [5.74, 6) is -0.353. The van der Waals surface area contributed by atoms with E-state index in [2.05, 4.69) is 16.0 Å². The lowest BCUT2D eigenvalue weighted by Crippen LogP contribution is -2.30. The third-order valence-corrected chi connectivity index (χ3v) is 4.30. The zero-order valence-electron chi connectivity index (χ0n) is 12.4. The molecule has 2 heterocycles. The third-order valence-electron chi connectivity index (χ3n) is 4.30. The fourth-order valence-electron chi connectivity index (χ4n) is 3.04. The van der Waals surface area contributed by atoms with Gasteiger partial charge in [0.1, 0.15) is 5.82 Å². The fourth-order valence-corrected chi connectivity index (χ4v) is 3.04. The number of amides is 2. The number of benzene rings is 1. The highest BCUT2D eigenvalue weighted by atomic mass is 19.1. The van der Waals surface area contributed by atoms with Crippen molar-refractivity contribution in [3.63, 3.8) is 0 Å². The molecule has 22 heavy (non-hydrogen) atoms. The van der Waals surface area contributed by atoms with Crippen molar-refractivity contribution in [3.8, 4) is 0 Å². The molecule has 5 nitrogen and oxygen atoms in total. The van der Waals surface area contributed by atoms with Crippen molar-refractivity contribution in [1.82, 2.24) is 5.32 Å². The largest absolute Gasteiger partial charge is 0.326 e. The first-order valence-electron chi connectivity index (χ1n) is 7.74. The van der Waals surface area contributed by atoms with Gasteiger partial charge in [-0.3, -0.25) is 9.59 Å². The number of nitrogens with one attached hydrogen (secondary N) is 3. The van der Waals surface area contributed by atoms with E-state index in [1.807, 2.05) is 0 Å². The summed E-state index contributed by atoms with van der Waals surface area (Å²) in [7, 11) is 0. The third kappa shape index (κ3) is 3.44. The van der Waals surface area contributed by atoms with Crippen LogP contribution in [0.2, 0.25) is 0 Å². The summed E-state index contributed by atoms with van der Waals surface area (Å²) in [6.07, 6.45) is 3.24. The highest BCUT2D eigenvalue weighted by Gasteiger charge is 2.20. The SMILES string of the molecule is O=C(CC1CCNCC1)Nc1cc2c(cc1F)CCC(=O)N2. The van der Waals surface area contributed by atoms with Gasteiger partial charge in [-0.2, -0.15) is 0 Å². The number of halogens is 1. The molecule has 2 amide bonds. The Bertz CT molecular complexity index is 597. The van der Waals surface area contributed by atoms with Gasteiger partial charge in [0.25, 0.3) is 0 Å². The average Bonchev–Trinajstić information content (AvgIpc) is 2.49. The van der Waals surface area contributed by atoms with E-state index in [-0.39, 0.29) is 17.5 Å². The number of hydrogen-bond donors (Lipinski definition) is 3. The lowest BCUT2D eigenvalue weighted by molar-refractivity contribution is -0.117. The Labute approximate surface area is 128 Å². The van der Waals surface area contributed by atoms with E-state index in [9.17, 15) is 14.0 Å². The highest BCUT2D eigenvalue weighted by molar-refractivity contribution is 5.96. The van der Waals surface area contributed by atoms with Crippen LogP contribution in [0.3, 0.4) is 0 Å². The van der Waals surface area contributed by atoms with Gasteiger partial charge in [-0.25, -0.2) is 4.39 Å². The van der Waals surface area contributed by atoms with E-state index < -0.39 is 5.82 Å². The summed E-state index contributed by atoms with van der Waals surface area (Å²) in [5, 5.41) is 8.61. The van der Waals surface area contributed by atoms with Crippen molar-refractivity contribution < 1.29 is 14.0 Å². The number of carbonyl (C=O) groups is 2. The second-order valence-electron chi connectivity index (χ2n) is 5.98. The van der Waals surface area contributed by atoms with Crippen molar-refractivity contribution in [2.45, 2.75) is 32.1 Å². The normalized spacial score (nSPS) is 18.5. The Morgan fingerprint density at radius 2 is 2.05 bits per heavy atom. The summed E-state index contributed by atoms with van der Waals surface area (Å²) in [6, 6.07) is 2.91. The first-order chi connectivity index (χ1) is 10.6. The van der Waals surface area contributed by atoms with Crippen molar-refractivity contribution in [1.29, 1.82) is 0 Å². The van der Waals surface area contributed by atoms with E-state index >= 15 is 0 Å². The molecule has 118 valence electrons. The maximum Gasteiger partial charge on any atom is 0.224 e. The Hall–Kier alpha value is -1.95. The molecule has 1 aromatic rings. The number of aryl methyl sites for hydroxylation is 1. The maximum absolute atomic E-state index is 14.1. The van der Waals surface area contributed by atoms with Gasteiger partial charge in [0.05, 0.1) is 5.69 Å². The maximum atomic E-state index is 14.1. The van der Waals surface area contributed by atoms with E-state index in [1.54, 1.807) is 0 Å². The molecule has 0 unspecified atom stereocenters. The van der Waals surface area contributed by atoms with Crippen LogP contribution >= 0.6 is 0 Å². The van der Waals surface area contributed by atoms with Gasteiger partial charge in [0.2, 0.25) is 11.8 Å². The number of piperidine rings is 1. The molecular formula is C16H20FN3O2. The second-order valence-corrected chi connectivity index (χ2v) is 5.98. The molecule has 6 heteroatoms. The summed E-state index contributed by atoms with van der Waals surface area (Å²) in [4.78, 5) is 23.5. The molecule has 1 fully saturated rings. The molecule has 3 N–H and O–H groups in total. The van der Waals surface area contributed by atoms with Crippen LogP contribution in [-0.4, -0.2) is 24.9 Å². The van der Waals surface area contributed by atoms with Crippen LogP contribution in [0, 0.1) is 11.7 Å². The van der Waals surface area contributed by atoms with E-state index in [0.717, 1.165) is 31.5 Å². The molecule has 1 saturated heterocycles. The number of rotatable bonds is 3. The molecule has 2 aliphatic heterocycles. The summed E-state index contributed by atoms with van der Waals surface area (Å²) in [5.41, 5.74) is 1.50. The molecule has 0 atom stereocenters. The fraction of sp³-hybridized carbons (Fsp3) is 0.500. The zero-order chi connectivity index (χ0) is 15.5. The summed E-state index contributed by atoms with van der Waals surface area (Å²) in [6.45, 7) is 1.86. The van der Waals surface area contributed by atoms with Crippen LogP contribution in [0.25, 0.3) is 0 Å². The minimum Gasteiger partial charge on any atom is -0.326 e. The number of anilines is 2. The van der Waals surface area contributed by atoms with Crippen molar-refractivity contribution in [2.75, 3.05) is 23.7 Å². The van der Waals surface area contributed by atoms with Gasteiger partial charge >= 0.3 is 0 Å². The average molecular weight is 305 g/mol. The molecule has 0 saturated carbocycles. The molecular weight excluding hydrogens is 285 g/mol. The predicted octanol–water partition coefficient (Wildman–Crippen LogP) is 2.04. The molecule has 3 rings (SSSR count). The minimum atomic E-state index is -0.450. The Morgan fingerprint density at radius 1 is 1.27 bits per heavy atom. The monoisotopic (exact) mass is 305 g/mol. The Balaban J connectivity index is 1.67. The molecule has 0 spiro atoms. The molecule has 1 aromatic carbocycles. The van der Waals surface area contributed by atoms with E-state index in [1.165, 1.54) is 12.1 Å². The smallest absolute Gasteiger partial charge is 0.224 e. The molecule has 0 aliphatic carbocycles. The van der Waals surface area contributed by atoms with E-state index in [4.69, 9.17) is 0 Å². The summed E-state index contributed by atoms with van der Waals surface area (Å²) < 4.78 is 14.1. The van der Waals surface area contributed by atoms with Gasteiger partial charge in [-0.15, -0.1) is 0 Å². The lowest BCUT2D eigenvalue weighted by Gasteiger charge is -2.22. The molecule has 0 aromatic heterocycles. The van der Waals surface area contributed by atoms with Crippen LogP contribution < -0.4 is 16.0 Å². The van der Waals surface area contributed by atoms with Crippen molar-refractivity contribution in [2.24, 2.45) is 5.92 Å².